The molecule has 1 amide bonds. The second kappa shape index (κ2) is 8.00. The fourth-order valence-electron chi connectivity index (χ4n) is 3.69. The van der Waals surface area contributed by atoms with Gasteiger partial charge in [-0.3, -0.25) is 4.79 Å². The Kier molecular flexibility index (Phi) is 5.42. The molecule has 1 unspecified atom stereocenters. The third-order valence-corrected chi connectivity index (χ3v) is 6.20. The predicted molar refractivity (Wildman–Crippen MR) is 110 cm³/mol. The number of hydrogen-bond donors (Lipinski definition) is 2. The zero-order chi connectivity index (χ0) is 20.4. The molecule has 4 rings (SSSR count). The average Bonchev–Trinajstić information content (AvgIpc) is 2.74. The lowest BCUT2D eigenvalue weighted by Gasteiger charge is -2.43. The van der Waals surface area contributed by atoms with Crippen LogP contribution in [-0.2, 0) is 10.3 Å². The number of carbonyl (C=O) groups excluding carboxylic acids is 1. The summed E-state index contributed by atoms with van der Waals surface area (Å²) in [6.45, 7) is 0.872. The van der Waals surface area contributed by atoms with Crippen molar-refractivity contribution in [1.82, 2.24) is 4.98 Å². The van der Waals surface area contributed by atoms with Gasteiger partial charge < -0.3 is 20.5 Å². The van der Waals surface area contributed by atoms with E-state index in [1.54, 1.807) is 18.2 Å². The summed E-state index contributed by atoms with van der Waals surface area (Å²) < 4.78 is 25.6. The number of ether oxygens (including phenoxy) is 2. The third-order valence-electron chi connectivity index (χ3n) is 5.25. The molecule has 2 atom stereocenters. The quantitative estimate of drug-likeness (QED) is 0.795. The van der Waals surface area contributed by atoms with Gasteiger partial charge in [-0.2, -0.15) is 0 Å². The first-order valence-electron chi connectivity index (χ1n) is 9.19. The Morgan fingerprint density at radius 1 is 1.41 bits per heavy atom. The first-order chi connectivity index (χ1) is 14.0. The van der Waals surface area contributed by atoms with Gasteiger partial charge in [-0.15, -0.1) is 0 Å². The van der Waals surface area contributed by atoms with Crippen LogP contribution in [0.2, 0.25) is 0 Å². The van der Waals surface area contributed by atoms with E-state index in [1.165, 1.54) is 37.2 Å². The number of halogens is 1. The van der Waals surface area contributed by atoms with E-state index < -0.39 is 17.3 Å². The minimum Gasteiger partial charge on any atom is -0.495 e. The second-order valence-electron chi connectivity index (χ2n) is 6.96. The van der Waals surface area contributed by atoms with Crippen LogP contribution >= 0.6 is 11.8 Å². The number of amidine groups is 1. The van der Waals surface area contributed by atoms with Crippen LogP contribution in [0.25, 0.3) is 0 Å². The summed E-state index contributed by atoms with van der Waals surface area (Å²) in [5.41, 5.74) is 6.16. The maximum absolute atomic E-state index is 14.9. The standard InChI is InChI=1S/C20H21FN4O3S/c1-27-14-3-5-17(23-9-14)18(26)24-13-2-4-16(21)15(8-13)20-11-28-7-6-12(20)10-29-19(22)25-20/h2-5,8-9,12H,6-7,10-11H2,1H3,(H2,22,25)(H,24,26)/t12?,20-/m1/s1. The minimum absolute atomic E-state index is 0.109. The van der Waals surface area contributed by atoms with E-state index in [4.69, 9.17) is 15.2 Å². The molecule has 0 radical (unpaired) electrons. The van der Waals surface area contributed by atoms with E-state index in [1.807, 2.05) is 0 Å². The molecule has 152 valence electrons. The molecule has 0 aliphatic carbocycles. The van der Waals surface area contributed by atoms with Crippen LogP contribution in [0.5, 0.6) is 5.75 Å². The molecule has 1 aromatic carbocycles. The van der Waals surface area contributed by atoms with Gasteiger partial charge in [-0.25, -0.2) is 14.4 Å². The summed E-state index contributed by atoms with van der Waals surface area (Å²) in [5.74, 6) is 0.617. The lowest BCUT2D eigenvalue weighted by molar-refractivity contribution is 0.00304. The van der Waals surface area contributed by atoms with Crippen molar-refractivity contribution in [3.05, 3.63) is 53.6 Å². The van der Waals surface area contributed by atoms with E-state index in [0.717, 1.165) is 12.2 Å². The van der Waals surface area contributed by atoms with Crippen LogP contribution in [0, 0.1) is 11.7 Å². The smallest absolute Gasteiger partial charge is 0.274 e. The number of fused-ring (bicyclic) bond motifs is 1. The van der Waals surface area contributed by atoms with Crippen molar-refractivity contribution in [2.45, 2.75) is 12.0 Å². The molecule has 1 saturated heterocycles. The van der Waals surface area contributed by atoms with Gasteiger partial charge in [0.15, 0.2) is 5.17 Å². The number of aromatic nitrogens is 1. The maximum atomic E-state index is 14.9. The molecule has 0 spiro atoms. The maximum Gasteiger partial charge on any atom is 0.274 e. The van der Waals surface area contributed by atoms with Crippen molar-refractivity contribution in [2.24, 2.45) is 16.6 Å². The normalized spacial score (nSPS) is 23.7. The van der Waals surface area contributed by atoms with Crippen molar-refractivity contribution in [1.29, 1.82) is 0 Å². The second-order valence-corrected chi connectivity index (χ2v) is 8.00. The topological polar surface area (TPSA) is 98.8 Å². The number of hydrogen-bond acceptors (Lipinski definition) is 7. The molecule has 0 bridgehead atoms. The van der Waals surface area contributed by atoms with Crippen LogP contribution in [-0.4, -0.2) is 42.1 Å². The number of benzene rings is 1. The van der Waals surface area contributed by atoms with Gasteiger partial charge in [0.1, 0.15) is 22.8 Å². The molecule has 29 heavy (non-hydrogen) atoms. The highest BCUT2D eigenvalue weighted by Gasteiger charge is 2.47. The van der Waals surface area contributed by atoms with Gasteiger partial charge in [0.25, 0.3) is 5.91 Å². The number of nitrogens with one attached hydrogen (secondary N) is 1. The van der Waals surface area contributed by atoms with Crippen LogP contribution < -0.4 is 15.8 Å². The molecule has 3 N–H and O–H groups in total. The summed E-state index contributed by atoms with van der Waals surface area (Å²) in [7, 11) is 1.53. The fraction of sp³-hybridized carbons (Fsp3) is 0.350. The number of nitrogens with two attached hydrogens (primary N) is 1. The largest absolute Gasteiger partial charge is 0.495 e. The summed E-state index contributed by atoms with van der Waals surface area (Å²) in [4.78, 5) is 21.2. The molecular formula is C20H21FN4O3S. The first-order valence-corrected chi connectivity index (χ1v) is 10.2. The Balaban J connectivity index is 1.65. The number of carbonyl (C=O) groups is 1. The zero-order valence-corrected chi connectivity index (χ0v) is 16.7. The molecule has 0 saturated carbocycles. The Morgan fingerprint density at radius 3 is 3.03 bits per heavy atom. The van der Waals surface area contributed by atoms with Gasteiger partial charge in [-0.05, 0) is 36.8 Å². The van der Waals surface area contributed by atoms with Gasteiger partial charge in [0.2, 0.25) is 0 Å². The highest BCUT2D eigenvalue weighted by atomic mass is 32.2. The van der Waals surface area contributed by atoms with E-state index in [0.29, 0.717) is 28.8 Å². The van der Waals surface area contributed by atoms with Crippen LogP contribution in [0.1, 0.15) is 22.5 Å². The van der Waals surface area contributed by atoms with Gasteiger partial charge in [0.05, 0.1) is 19.9 Å². The van der Waals surface area contributed by atoms with Crippen molar-refractivity contribution in [2.75, 3.05) is 31.4 Å². The summed E-state index contributed by atoms with van der Waals surface area (Å²) in [6.07, 6.45) is 2.24. The zero-order valence-electron chi connectivity index (χ0n) is 15.9. The first kappa shape index (κ1) is 19.7. The van der Waals surface area contributed by atoms with Crippen molar-refractivity contribution in [3.8, 4) is 5.75 Å². The highest BCUT2D eigenvalue weighted by Crippen LogP contribution is 2.45. The summed E-state index contributed by atoms with van der Waals surface area (Å²) in [6, 6.07) is 7.68. The molecule has 9 heteroatoms. The number of nitrogens with zero attached hydrogens (tertiary/aromatic N) is 2. The monoisotopic (exact) mass is 416 g/mol. The number of thioether (sulfide) groups is 1. The Bertz CT molecular complexity index is 953. The highest BCUT2D eigenvalue weighted by molar-refractivity contribution is 8.13. The molecule has 1 fully saturated rings. The molecule has 1 aromatic heterocycles. The van der Waals surface area contributed by atoms with Crippen LogP contribution in [0.4, 0.5) is 10.1 Å². The predicted octanol–water partition coefficient (Wildman–Crippen LogP) is 2.77. The van der Waals surface area contributed by atoms with Crippen LogP contribution in [0.3, 0.4) is 0 Å². The number of amides is 1. The Morgan fingerprint density at radius 2 is 2.28 bits per heavy atom. The molecule has 7 nitrogen and oxygen atoms in total. The van der Waals surface area contributed by atoms with Crippen LogP contribution in [0.15, 0.2) is 41.5 Å². The molecule has 3 heterocycles. The summed E-state index contributed by atoms with van der Waals surface area (Å²) in [5, 5.41) is 3.19. The lowest BCUT2D eigenvalue weighted by atomic mass is 9.76. The lowest BCUT2D eigenvalue weighted by Crippen LogP contribution is -2.48. The molecule has 2 aliphatic rings. The molecule has 2 aliphatic heterocycles. The SMILES string of the molecule is COc1ccc(C(=O)Nc2ccc(F)c([C@@]34COCCC3CSC(N)=N4)c2)nc1. The number of rotatable bonds is 4. The number of anilines is 1. The minimum atomic E-state index is -0.878. The van der Waals surface area contributed by atoms with Crippen molar-refractivity contribution < 1.29 is 18.7 Å². The Labute approximate surface area is 171 Å². The van der Waals surface area contributed by atoms with Crippen molar-refractivity contribution in [3.63, 3.8) is 0 Å². The van der Waals surface area contributed by atoms with E-state index >= 15 is 0 Å². The van der Waals surface area contributed by atoms with E-state index in [9.17, 15) is 9.18 Å². The summed E-state index contributed by atoms with van der Waals surface area (Å²) >= 11 is 1.48. The van der Waals surface area contributed by atoms with E-state index in [-0.39, 0.29) is 18.2 Å². The number of methoxy groups -OCH3 is 1. The Hall–Kier alpha value is -2.65. The van der Waals surface area contributed by atoms with Crippen molar-refractivity contribution >= 4 is 28.5 Å². The molecule has 2 aromatic rings. The molecular weight excluding hydrogens is 395 g/mol. The van der Waals surface area contributed by atoms with Gasteiger partial charge in [-0.1, -0.05) is 11.8 Å². The number of aliphatic imine (C=N–C) groups is 1. The van der Waals surface area contributed by atoms with Gasteiger partial charge in [0, 0.05) is 29.5 Å². The van der Waals surface area contributed by atoms with Gasteiger partial charge >= 0.3 is 0 Å². The third kappa shape index (κ3) is 3.79. The van der Waals surface area contributed by atoms with E-state index in [2.05, 4.69) is 15.3 Å². The average molecular weight is 416 g/mol. The number of pyridine rings is 1. The fourth-order valence-corrected chi connectivity index (χ4v) is 4.73.